The maximum Gasteiger partial charge on any atom is 0.256 e. The first-order valence-electron chi connectivity index (χ1n) is 9.45. The van der Waals surface area contributed by atoms with E-state index < -0.39 is 0 Å². The van der Waals surface area contributed by atoms with Crippen LogP contribution in [0.1, 0.15) is 23.2 Å². The lowest BCUT2D eigenvalue weighted by molar-refractivity contribution is 0.0854. The van der Waals surface area contributed by atoms with E-state index in [0.29, 0.717) is 34.2 Å². The van der Waals surface area contributed by atoms with Crippen molar-refractivity contribution in [2.45, 2.75) is 18.9 Å². The lowest BCUT2D eigenvalue weighted by Crippen LogP contribution is -2.34. The number of fused-ring (bicyclic) bond motifs is 1. The molecule has 0 radical (unpaired) electrons. The first kappa shape index (κ1) is 19.5. The molecule has 4 rings (SSSR count). The molecule has 0 aliphatic carbocycles. The van der Waals surface area contributed by atoms with E-state index in [1.54, 1.807) is 43.5 Å². The molecule has 1 aliphatic heterocycles. The number of hydrogen-bond acceptors (Lipinski definition) is 5. The Morgan fingerprint density at radius 2 is 2.14 bits per heavy atom. The first-order chi connectivity index (χ1) is 14.1. The van der Waals surface area contributed by atoms with Crippen LogP contribution in [0, 0.1) is 0 Å². The summed E-state index contributed by atoms with van der Waals surface area (Å²) in [6, 6.07) is 14.3. The summed E-state index contributed by atoms with van der Waals surface area (Å²) in [5, 5.41) is 4.23. The predicted molar refractivity (Wildman–Crippen MR) is 111 cm³/mol. The molecule has 1 aliphatic rings. The largest absolute Gasteiger partial charge is 0.493 e. The van der Waals surface area contributed by atoms with Gasteiger partial charge in [0, 0.05) is 23.6 Å². The summed E-state index contributed by atoms with van der Waals surface area (Å²) in [5.74, 6) is 0.297. The zero-order valence-corrected chi connectivity index (χ0v) is 16.7. The monoisotopic (exact) mass is 412 g/mol. The van der Waals surface area contributed by atoms with E-state index in [2.05, 4.69) is 10.3 Å². The molecule has 2 aromatic carbocycles. The maximum atomic E-state index is 12.9. The van der Waals surface area contributed by atoms with Crippen LogP contribution in [-0.2, 0) is 4.74 Å². The summed E-state index contributed by atoms with van der Waals surface area (Å²) in [5.41, 5.74) is 1.63. The molecule has 3 aromatic rings. The Hall–Kier alpha value is -2.83. The Kier molecular flexibility index (Phi) is 5.83. The minimum absolute atomic E-state index is 0.0461. The Morgan fingerprint density at radius 3 is 2.90 bits per heavy atom. The number of amides is 1. The number of ether oxygens (including phenoxy) is 2. The van der Waals surface area contributed by atoms with Gasteiger partial charge >= 0.3 is 0 Å². The molecule has 1 aromatic heterocycles. The van der Waals surface area contributed by atoms with Crippen LogP contribution in [0.15, 0.2) is 57.9 Å². The average Bonchev–Trinajstić information content (AvgIpc) is 3.25. The second kappa shape index (κ2) is 8.68. The molecule has 0 spiro atoms. The third kappa shape index (κ3) is 4.44. The first-order valence-corrected chi connectivity index (χ1v) is 9.83. The fraction of sp³-hybridized carbons (Fsp3) is 0.273. The molecule has 0 unspecified atom stereocenters. The molecule has 1 amide bonds. The lowest BCUT2D eigenvalue weighted by Gasteiger charge is -2.12. The minimum atomic E-state index is -0.269. The molecule has 1 atom stereocenters. The summed E-state index contributed by atoms with van der Waals surface area (Å²) < 4.78 is 17.0. The van der Waals surface area contributed by atoms with Crippen LogP contribution in [0.25, 0.3) is 11.0 Å². The number of hydrogen-bond donors (Lipinski definition) is 1. The van der Waals surface area contributed by atoms with Crippen molar-refractivity contribution in [1.29, 1.82) is 0 Å². The number of rotatable bonds is 5. The molecular weight excluding hydrogens is 392 g/mol. The highest BCUT2D eigenvalue weighted by Crippen LogP contribution is 2.25. The number of benzene rings is 2. The van der Waals surface area contributed by atoms with Crippen LogP contribution in [0.3, 0.4) is 0 Å². The summed E-state index contributed by atoms with van der Waals surface area (Å²) in [6.45, 7) is 1.19. The number of nitrogens with zero attached hydrogens (tertiary/aromatic N) is 1. The number of nitrogens with one attached hydrogen (secondary N) is 1. The topological polar surface area (TPSA) is 73.1 Å². The van der Waals surface area contributed by atoms with Crippen molar-refractivity contribution in [1.82, 2.24) is 5.32 Å². The Morgan fingerprint density at radius 1 is 1.28 bits per heavy atom. The van der Waals surface area contributed by atoms with Crippen LogP contribution in [0.2, 0.25) is 5.02 Å². The van der Waals surface area contributed by atoms with Crippen molar-refractivity contribution in [3.63, 3.8) is 0 Å². The van der Waals surface area contributed by atoms with Gasteiger partial charge in [0.15, 0.2) is 11.3 Å². The van der Waals surface area contributed by atoms with Crippen LogP contribution in [-0.4, -0.2) is 32.3 Å². The molecule has 6 nitrogen and oxygen atoms in total. The number of halogens is 1. The van der Waals surface area contributed by atoms with E-state index in [1.165, 1.54) is 0 Å². The SMILES string of the molecule is COc1cccc2cc(C(=O)NC[C@H]3CCCO3)c(=Nc3cccc(Cl)c3)oc12. The van der Waals surface area contributed by atoms with Gasteiger partial charge in [-0.25, -0.2) is 4.99 Å². The molecular formula is C22H21ClN2O4. The van der Waals surface area contributed by atoms with E-state index in [9.17, 15) is 4.79 Å². The third-order valence-corrected chi connectivity index (χ3v) is 4.99. The lowest BCUT2D eigenvalue weighted by atomic mass is 10.1. The second-order valence-electron chi connectivity index (χ2n) is 6.78. The van der Waals surface area contributed by atoms with Gasteiger partial charge in [-0.05, 0) is 43.2 Å². The fourth-order valence-electron chi connectivity index (χ4n) is 3.30. The molecule has 1 saturated heterocycles. The van der Waals surface area contributed by atoms with Crippen molar-refractivity contribution < 1.29 is 18.7 Å². The van der Waals surface area contributed by atoms with Gasteiger partial charge in [0.05, 0.1) is 18.9 Å². The quantitative estimate of drug-likeness (QED) is 0.680. The summed E-state index contributed by atoms with van der Waals surface area (Å²) >= 11 is 6.07. The molecule has 2 heterocycles. The number of carbonyl (C=O) groups excluding carboxylic acids is 1. The van der Waals surface area contributed by atoms with Crippen molar-refractivity contribution >= 4 is 34.2 Å². The number of methoxy groups -OCH3 is 1. The van der Waals surface area contributed by atoms with Crippen molar-refractivity contribution in [3.8, 4) is 5.75 Å². The number of carbonyl (C=O) groups is 1. The summed E-state index contributed by atoms with van der Waals surface area (Å²) in [4.78, 5) is 17.5. The second-order valence-corrected chi connectivity index (χ2v) is 7.22. The summed E-state index contributed by atoms with van der Waals surface area (Å²) in [6.07, 6.45) is 2.00. The van der Waals surface area contributed by atoms with Gasteiger partial charge in [-0.2, -0.15) is 0 Å². The predicted octanol–water partition coefficient (Wildman–Crippen LogP) is 4.24. The average molecular weight is 413 g/mol. The van der Waals surface area contributed by atoms with Crippen molar-refractivity contribution in [2.75, 3.05) is 20.3 Å². The fourth-order valence-corrected chi connectivity index (χ4v) is 3.49. The van der Waals surface area contributed by atoms with Gasteiger partial charge in [-0.15, -0.1) is 0 Å². The third-order valence-electron chi connectivity index (χ3n) is 4.76. The van der Waals surface area contributed by atoms with Crippen LogP contribution < -0.4 is 15.6 Å². The Labute approximate surface area is 173 Å². The van der Waals surface area contributed by atoms with Crippen LogP contribution in [0.4, 0.5) is 5.69 Å². The van der Waals surface area contributed by atoms with Gasteiger partial charge in [-0.1, -0.05) is 29.8 Å². The molecule has 7 heteroatoms. The van der Waals surface area contributed by atoms with Gasteiger partial charge in [0.25, 0.3) is 5.91 Å². The molecule has 150 valence electrons. The molecule has 1 N–H and O–H groups in total. The van der Waals surface area contributed by atoms with Crippen LogP contribution >= 0.6 is 11.6 Å². The highest BCUT2D eigenvalue weighted by Gasteiger charge is 2.19. The van der Waals surface area contributed by atoms with E-state index in [4.69, 9.17) is 25.5 Å². The van der Waals surface area contributed by atoms with Gasteiger partial charge in [-0.3, -0.25) is 4.79 Å². The van der Waals surface area contributed by atoms with Crippen molar-refractivity contribution in [3.05, 3.63) is 64.7 Å². The minimum Gasteiger partial charge on any atom is -0.493 e. The maximum absolute atomic E-state index is 12.9. The zero-order valence-electron chi connectivity index (χ0n) is 16.0. The highest BCUT2D eigenvalue weighted by atomic mass is 35.5. The molecule has 0 saturated carbocycles. The Bertz CT molecular complexity index is 1100. The molecule has 29 heavy (non-hydrogen) atoms. The van der Waals surface area contributed by atoms with Gasteiger partial charge < -0.3 is 19.2 Å². The van der Waals surface area contributed by atoms with Crippen LogP contribution in [0.5, 0.6) is 5.75 Å². The molecule has 1 fully saturated rings. The van der Waals surface area contributed by atoms with E-state index in [-0.39, 0.29) is 17.6 Å². The van der Waals surface area contributed by atoms with E-state index >= 15 is 0 Å². The normalized spacial score (nSPS) is 16.9. The van der Waals surface area contributed by atoms with E-state index in [0.717, 1.165) is 24.8 Å². The zero-order chi connectivity index (χ0) is 20.2. The van der Waals surface area contributed by atoms with Crippen molar-refractivity contribution in [2.24, 2.45) is 4.99 Å². The highest BCUT2D eigenvalue weighted by molar-refractivity contribution is 6.30. The molecule has 0 bridgehead atoms. The van der Waals surface area contributed by atoms with E-state index in [1.807, 2.05) is 12.1 Å². The smallest absolute Gasteiger partial charge is 0.256 e. The van der Waals surface area contributed by atoms with Gasteiger partial charge in [0.1, 0.15) is 5.56 Å². The van der Waals surface area contributed by atoms with Gasteiger partial charge in [0.2, 0.25) is 5.55 Å². The number of para-hydroxylation sites is 1. The standard InChI is InChI=1S/C22H21ClN2O4/c1-27-19-9-2-5-14-11-18(21(26)24-13-17-8-4-10-28-17)22(29-20(14)19)25-16-7-3-6-15(23)12-16/h2-3,5-7,9,11-12,17H,4,8,10,13H2,1H3,(H,24,26)/t17-/m1/s1. The Balaban J connectivity index is 1.79. The summed E-state index contributed by atoms with van der Waals surface area (Å²) in [7, 11) is 1.57.